The number of nitrogens with two attached hydrogens (primary N) is 1. The highest BCUT2D eigenvalue weighted by Gasteiger charge is 2.38. The number of halogens is 9. The van der Waals surface area contributed by atoms with E-state index in [2.05, 4.69) is 15.5 Å². The van der Waals surface area contributed by atoms with Crippen molar-refractivity contribution >= 4 is 11.6 Å². The lowest BCUT2D eigenvalue weighted by Gasteiger charge is -2.19. The number of anilines is 1. The van der Waals surface area contributed by atoms with Gasteiger partial charge < -0.3 is 39.8 Å². The Hall–Kier alpha value is -4.89. The first-order valence-corrected chi connectivity index (χ1v) is 16.3. The summed E-state index contributed by atoms with van der Waals surface area (Å²) in [6.07, 6.45) is -15.4. The molecule has 0 unspecified atom stereocenters. The lowest BCUT2D eigenvalue weighted by Crippen LogP contribution is -2.20. The third-order valence-corrected chi connectivity index (χ3v) is 7.42. The Bertz CT molecular complexity index is 1820. The normalized spacial score (nSPS) is 12.3. The highest BCUT2D eigenvalue weighted by molar-refractivity contribution is 5.91. The quantitative estimate of drug-likeness (QED) is 0.0579. The van der Waals surface area contributed by atoms with Crippen LogP contribution in [0.25, 0.3) is 22.4 Å². The number of aromatic hydroxyl groups is 1. The molecule has 0 aliphatic rings. The van der Waals surface area contributed by atoms with E-state index in [1.54, 1.807) is 0 Å². The van der Waals surface area contributed by atoms with Gasteiger partial charge in [0.05, 0.1) is 68.6 Å². The van der Waals surface area contributed by atoms with Gasteiger partial charge in [-0.25, -0.2) is 0 Å². The number of amides is 1. The molecule has 0 atom stereocenters. The number of ether oxygens (including phenoxy) is 5. The molecule has 3 aromatic carbocycles. The molecule has 300 valence electrons. The fourth-order valence-corrected chi connectivity index (χ4v) is 4.84. The van der Waals surface area contributed by atoms with Gasteiger partial charge in [0, 0.05) is 17.8 Å². The van der Waals surface area contributed by atoms with Gasteiger partial charge in [0.25, 0.3) is 0 Å². The molecule has 0 bridgehead atoms. The van der Waals surface area contributed by atoms with Gasteiger partial charge in [0.15, 0.2) is 5.69 Å². The summed E-state index contributed by atoms with van der Waals surface area (Å²) in [6.45, 7) is 2.10. The largest absolute Gasteiger partial charge is 0.506 e. The van der Waals surface area contributed by atoms with Crippen molar-refractivity contribution < 1.29 is 73.1 Å². The lowest BCUT2D eigenvalue weighted by atomic mass is 9.95. The van der Waals surface area contributed by atoms with Gasteiger partial charge >= 0.3 is 18.5 Å². The fraction of sp³-hybridized carbons (Fsp3) is 0.371. The predicted molar refractivity (Wildman–Crippen MR) is 178 cm³/mol. The zero-order valence-corrected chi connectivity index (χ0v) is 28.7. The molecule has 11 nitrogen and oxygen atoms in total. The first-order valence-electron chi connectivity index (χ1n) is 16.3. The molecule has 1 aromatic heterocycles. The van der Waals surface area contributed by atoms with Crippen LogP contribution < -0.4 is 15.8 Å². The SMILES string of the molecule is NCCOCCOCCOCCOCC(=O)Nc1ccc(COc2ccc(-c3cc(C(F)(F)F)n[nH]3)c(O)c2-c2cc(C(F)(F)F)cc(C(F)(F)F)c2)cc1. The number of carbonyl (C=O) groups excluding carboxylic acids is 1. The molecule has 4 rings (SSSR count). The first kappa shape index (κ1) is 42.8. The van der Waals surface area contributed by atoms with E-state index < -0.39 is 75.1 Å². The molecule has 0 radical (unpaired) electrons. The van der Waals surface area contributed by atoms with E-state index in [-0.39, 0.29) is 32.5 Å². The van der Waals surface area contributed by atoms with Crippen molar-refractivity contribution in [2.24, 2.45) is 5.73 Å². The number of phenols is 1. The third-order valence-electron chi connectivity index (χ3n) is 7.42. The first-order chi connectivity index (χ1) is 26.0. The van der Waals surface area contributed by atoms with Crippen LogP contribution in [0.5, 0.6) is 11.5 Å². The number of nitrogens with one attached hydrogen (secondary N) is 2. The number of aromatic nitrogens is 2. The minimum atomic E-state index is -5.25. The van der Waals surface area contributed by atoms with Crippen molar-refractivity contribution in [2.45, 2.75) is 25.1 Å². The number of nitrogens with zero attached hydrogens (tertiary/aromatic N) is 1. The molecule has 0 aliphatic heterocycles. The van der Waals surface area contributed by atoms with Gasteiger partial charge in [0.1, 0.15) is 24.7 Å². The summed E-state index contributed by atoms with van der Waals surface area (Å²) < 4.78 is 149. The summed E-state index contributed by atoms with van der Waals surface area (Å²) in [6, 6.07) is 9.20. The van der Waals surface area contributed by atoms with Crippen molar-refractivity contribution in [2.75, 3.05) is 64.7 Å². The van der Waals surface area contributed by atoms with E-state index in [1.807, 2.05) is 0 Å². The van der Waals surface area contributed by atoms with Crippen LogP contribution >= 0.6 is 0 Å². The van der Waals surface area contributed by atoms with Crippen molar-refractivity contribution in [3.63, 3.8) is 0 Å². The molecule has 1 amide bonds. The number of carbonyl (C=O) groups is 1. The van der Waals surface area contributed by atoms with Gasteiger partial charge in [0.2, 0.25) is 5.91 Å². The highest BCUT2D eigenvalue weighted by atomic mass is 19.4. The van der Waals surface area contributed by atoms with E-state index in [0.29, 0.717) is 69.0 Å². The zero-order chi connectivity index (χ0) is 40.2. The van der Waals surface area contributed by atoms with Crippen LogP contribution in [0.4, 0.5) is 45.2 Å². The van der Waals surface area contributed by atoms with Crippen LogP contribution in [0.3, 0.4) is 0 Å². The summed E-state index contributed by atoms with van der Waals surface area (Å²) in [5.41, 5.74) is -1.01. The Morgan fingerprint density at radius 2 is 1.29 bits per heavy atom. The van der Waals surface area contributed by atoms with Gasteiger partial charge in [-0.1, -0.05) is 12.1 Å². The molecule has 4 aromatic rings. The van der Waals surface area contributed by atoms with Crippen LogP contribution in [0.15, 0.2) is 60.7 Å². The topological polar surface area (TPSA) is 150 Å². The van der Waals surface area contributed by atoms with Gasteiger partial charge in [-0.05, 0) is 59.7 Å². The summed E-state index contributed by atoms with van der Waals surface area (Å²) in [5.74, 6) is -1.87. The van der Waals surface area contributed by atoms with E-state index in [1.165, 1.54) is 24.3 Å². The highest BCUT2D eigenvalue weighted by Crippen LogP contribution is 2.47. The van der Waals surface area contributed by atoms with Gasteiger partial charge in [-0.2, -0.15) is 44.6 Å². The Balaban J connectivity index is 1.43. The number of phenolic OH excluding ortho intramolecular Hbond substituents is 1. The van der Waals surface area contributed by atoms with Crippen molar-refractivity contribution in [1.82, 2.24) is 10.2 Å². The van der Waals surface area contributed by atoms with Crippen molar-refractivity contribution in [1.29, 1.82) is 0 Å². The van der Waals surface area contributed by atoms with E-state index in [0.717, 1.165) is 12.1 Å². The number of hydrogen-bond donors (Lipinski definition) is 4. The number of rotatable bonds is 19. The average molecular weight is 795 g/mol. The molecule has 55 heavy (non-hydrogen) atoms. The van der Waals surface area contributed by atoms with Crippen molar-refractivity contribution in [3.05, 3.63) is 83.0 Å². The zero-order valence-electron chi connectivity index (χ0n) is 28.7. The maximum atomic E-state index is 13.7. The summed E-state index contributed by atoms with van der Waals surface area (Å²) in [4.78, 5) is 12.3. The standard InChI is InChI=1S/C35H35F9N4O7/c36-33(37,38)23-15-22(16-24(17-23)34(39,40)41)31-28(6-5-26(32(31)50)27-18-29(48-47-27)35(42,43)44)55-19-21-1-3-25(4-2-21)46-30(49)20-54-14-13-53-12-11-52-10-9-51-8-7-45/h1-6,15-18,50H,7-14,19-20,45H2,(H,46,49)(H,47,48). The maximum Gasteiger partial charge on any atom is 0.435 e. The van der Waals surface area contributed by atoms with Crippen LogP contribution in [0.2, 0.25) is 0 Å². The Morgan fingerprint density at radius 3 is 1.82 bits per heavy atom. The molecule has 0 saturated heterocycles. The Labute approximate surface area is 307 Å². The van der Waals surface area contributed by atoms with Crippen LogP contribution in [-0.2, 0) is 48.9 Å². The average Bonchev–Trinajstić information content (AvgIpc) is 3.62. The molecule has 0 saturated carbocycles. The third kappa shape index (κ3) is 12.8. The lowest BCUT2D eigenvalue weighted by molar-refractivity contribution is -0.143. The van der Waals surface area contributed by atoms with Gasteiger partial charge in [-0.3, -0.25) is 9.89 Å². The summed E-state index contributed by atoms with van der Waals surface area (Å²) >= 11 is 0. The second-order valence-corrected chi connectivity index (χ2v) is 11.5. The maximum absolute atomic E-state index is 13.7. The summed E-state index contributed by atoms with van der Waals surface area (Å²) in [7, 11) is 0. The fourth-order valence-electron chi connectivity index (χ4n) is 4.84. The predicted octanol–water partition coefficient (Wildman–Crippen LogP) is 7.05. The molecule has 0 fully saturated rings. The summed E-state index contributed by atoms with van der Waals surface area (Å²) in [5, 5.41) is 19.0. The van der Waals surface area contributed by atoms with Crippen LogP contribution in [0, 0.1) is 0 Å². The minimum Gasteiger partial charge on any atom is -0.506 e. The second-order valence-electron chi connectivity index (χ2n) is 11.5. The smallest absolute Gasteiger partial charge is 0.435 e. The molecule has 0 aliphatic carbocycles. The van der Waals surface area contributed by atoms with E-state index in [9.17, 15) is 49.4 Å². The number of aromatic amines is 1. The Morgan fingerprint density at radius 1 is 0.727 bits per heavy atom. The Kier molecular flexibility index (Phi) is 14.9. The number of H-pyrrole nitrogens is 1. The van der Waals surface area contributed by atoms with Crippen LogP contribution in [-0.4, -0.2) is 80.6 Å². The van der Waals surface area contributed by atoms with E-state index in [4.69, 9.17) is 29.4 Å². The van der Waals surface area contributed by atoms with Crippen molar-refractivity contribution in [3.8, 4) is 33.9 Å². The molecule has 1 heterocycles. The number of hydrogen-bond acceptors (Lipinski definition) is 9. The number of alkyl halides is 9. The second kappa shape index (κ2) is 19.1. The molecule has 5 N–H and O–H groups in total. The molecular formula is C35H35F9N4O7. The number of benzene rings is 3. The van der Waals surface area contributed by atoms with Gasteiger partial charge in [-0.15, -0.1) is 0 Å². The minimum absolute atomic E-state index is 0.112. The molecule has 0 spiro atoms. The molecular weight excluding hydrogens is 759 g/mol. The monoisotopic (exact) mass is 794 g/mol. The molecule has 20 heteroatoms. The van der Waals surface area contributed by atoms with E-state index >= 15 is 0 Å². The van der Waals surface area contributed by atoms with Crippen LogP contribution in [0.1, 0.15) is 22.4 Å².